The fraction of sp³-hybridized carbons (Fsp3) is 0.385. The summed E-state index contributed by atoms with van der Waals surface area (Å²) in [7, 11) is 0. The van der Waals surface area contributed by atoms with E-state index in [1.807, 2.05) is 38.1 Å². The Bertz CT molecular complexity index is 518. The quantitative estimate of drug-likeness (QED) is 0.810. The molecule has 2 N–H and O–H groups in total. The molecule has 0 aliphatic heterocycles. The lowest BCUT2D eigenvalue weighted by Crippen LogP contribution is -2.28. The zero-order valence-corrected chi connectivity index (χ0v) is 11.0. The number of carbonyl (C=O) groups is 1. The van der Waals surface area contributed by atoms with Gasteiger partial charge in [-0.15, -0.1) is 0 Å². The zero-order valence-electron chi connectivity index (χ0n) is 11.0. The number of H-pyrrole nitrogens is 1. The lowest BCUT2D eigenvalue weighted by atomic mass is 10.3. The van der Waals surface area contributed by atoms with Crippen LogP contribution >= 0.6 is 0 Å². The molecular formula is C13H17N3O3. The van der Waals surface area contributed by atoms with Gasteiger partial charge in [-0.3, -0.25) is 5.32 Å². The first kappa shape index (κ1) is 13.4. The molecule has 0 atom stereocenters. The Hall–Kier alpha value is -2.08. The van der Waals surface area contributed by atoms with Crippen LogP contribution in [0.25, 0.3) is 11.0 Å². The lowest BCUT2D eigenvalue weighted by molar-refractivity contribution is 0.0564. The van der Waals surface area contributed by atoms with E-state index < -0.39 is 6.09 Å². The van der Waals surface area contributed by atoms with Gasteiger partial charge >= 0.3 is 6.09 Å². The Labute approximate surface area is 111 Å². The Morgan fingerprint density at radius 3 is 2.95 bits per heavy atom. The van der Waals surface area contributed by atoms with Crippen molar-refractivity contribution < 1.29 is 14.3 Å². The highest BCUT2D eigenvalue weighted by atomic mass is 16.6. The number of benzene rings is 1. The summed E-state index contributed by atoms with van der Waals surface area (Å²) in [6.07, 6.45) is -0.461. The fourth-order valence-electron chi connectivity index (χ4n) is 1.53. The third-order valence-corrected chi connectivity index (χ3v) is 2.41. The molecule has 1 heterocycles. The molecule has 0 unspecified atom stereocenters. The van der Waals surface area contributed by atoms with E-state index in [1.54, 1.807) is 0 Å². The summed E-state index contributed by atoms with van der Waals surface area (Å²) < 4.78 is 10.2. The van der Waals surface area contributed by atoms with Crippen LogP contribution in [0.3, 0.4) is 0 Å². The van der Waals surface area contributed by atoms with Crippen LogP contribution in [0.4, 0.5) is 4.79 Å². The maximum atomic E-state index is 11.4. The van der Waals surface area contributed by atoms with Crippen LogP contribution in [0.15, 0.2) is 24.3 Å². The smallest absolute Gasteiger partial charge is 0.409 e. The van der Waals surface area contributed by atoms with Gasteiger partial charge in [-0.2, -0.15) is 0 Å². The van der Waals surface area contributed by atoms with Crippen molar-refractivity contribution in [2.45, 2.75) is 26.6 Å². The normalized spacial score (nSPS) is 10.9. The molecule has 0 spiro atoms. The minimum atomic E-state index is -0.527. The Morgan fingerprint density at radius 1 is 1.42 bits per heavy atom. The molecule has 0 fully saturated rings. The van der Waals surface area contributed by atoms with Crippen molar-refractivity contribution in [1.82, 2.24) is 15.3 Å². The Balaban J connectivity index is 1.80. The number of aromatic nitrogens is 2. The van der Waals surface area contributed by atoms with Gasteiger partial charge in [0, 0.05) is 0 Å². The van der Waals surface area contributed by atoms with Crippen molar-refractivity contribution in [2.24, 2.45) is 0 Å². The second-order valence-electron chi connectivity index (χ2n) is 4.31. The molecule has 102 valence electrons. The Morgan fingerprint density at radius 2 is 2.21 bits per heavy atom. The fourth-order valence-corrected chi connectivity index (χ4v) is 1.53. The molecule has 6 heteroatoms. The molecule has 0 aliphatic rings. The van der Waals surface area contributed by atoms with Crippen LogP contribution in [0, 0.1) is 0 Å². The van der Waals surface area contributed by atoms with Crippen LogP contribution < -0.4 is 5.32 Å². The van der Waals surface area contributed by atoms with Crippen LogP contribution in [0.2, 0.25) is 0 Å². The summed E-state index contributed by atoms with van der Waals surface area (Å²) in [5.41, 5.74) is 1.77. The number of ether oxygens (including phenoxy) is 2. The average molecular weight is 263 g/mol. The predicted octanol–water partition coefficient (Wildman–Crippen LogP) is 2.17. The SMILES string of the molecule is CC(C)OCNC(=O)OCc1nc2ccccc2[nH]1. The van der Waals surface area contributed by atoms with E-state index in [2.05, 4.69) is 15.3 Å². The van der Waals surface area contributed by atoms with Gasteiger partial charge in [0.2, 0.25) is 0 Å². The number of nitrogens with one attached hydrogen (secondary N) is 2. The minimum Gasteiger partial charge on any atom is -0.441 e. The number of imidazole rings is 1. The monoisotopic (exact) mass is 263 g/mol. The molecule has 1 aromatic heterocycles. The summed E-state index contributed by atoms with van der Waals surface area (Å²) >= 11 is 0. The van der Waals surface area contributed by atoms with Gasteiger partial charge in [0.25, 0.3) is 0 Å². The summed E-state index contributed by atoms with van der Waals surface area (Å²) in [5, 5.41) is 2.49. The highest BCUT2D eigenvalue weighted by molar-refractivity contribution is 5.74. The van der Waals surface area contributed by atoms with E-state index >= 15 is 0 Å². The van der Waals surface area contributed by atoms with Gasteiger partial charge in [0.15, 0.2) is 6.61 Å². The zero-order chi connectivity index (χ0) is 13.7. The van der Waals surface area contributed by atoms with Crippen molar-refractivity contribution in [1.29, 1.82) is 0 Å². The van der Waals surface area contributed by atoms with E-state index in [9.17, 15) is 4.79 Å². The summed E-state index contributed by atoms with van der Waals surface area (Å²) in [6, 6.07) is 7.64. The molecule has 2 aromatic rings. The summed E-state index contributed by atoms with van der Waals surface area (Å²) in [6.45, 7) is 4.02. The number of aromatic amines is 1. The number of alkyl carbamates (subject to hydrolysis) is 1. The topological polar surface area (TPSA) is 76.2 Å². The molecule has 0 bridgehead atoms. The number of hydrogen-bond acceptors (Lipinski definition) is 4. The van der Waals surface area contributed by atoms with Crippen LogP contribution in [0.1, 0.15) is 19.7 Å². The molecular weight excluding hydrogens is 246 g/mol. The number of carbonyl (C=O) groups excluding carboxylic acids is 1. The van der Waals surface area contributed by atoms with Gasteiger partial charge in [-0.1, -0.05) is 12.1 Å². The summed E-state index contributed by atoms with van der Waals surface area (Å²) in [5.74, 6) is 0.612. The van der Waals surface area contributed by atoms with Crippen molar-refractivity contribution in [3.8, 4) is 0 Å². The van der Waals surface area contributed by atoms with E-state index in [1.165, 1.54) is 0 Å². The van der Waals surface area contributed by atoms with E-state index in [-0.39, 0.29) is 19.4 Å². The molecule has 0 radical (unpaired) electrons. The lowest BCUT2D eigenvalue weighted by Gasteiger charge is -2.08. The van der Waals surface area contributed by atoms with Crippen LogP contribution in [-0.2, 0) is 16.1 Å². The van der Waals surface area contributed by atoms with Gasteiger partial charge in [0.05, 0.1) is 17.1 Å². The van der Waals surface area contributed by atoms with Crippen LogP contribution in [0.5, 0.6) is 0 Å². The van der Waals surface area contributed by atoms with Gasteiger partial charge in [-0.05, 0) is 26.0 Å². The van der Waals surface area contributed by atoms with Crippen molar-refractivity contribution >= 4 is 17.1 Å². The third kappa shape index (κ3) is 3.96. The van der Waals surface area contributed by atoms with Crippen molar-refractivity contribution in [3.05, 3.63) is 30.1 Å². The van der Waals surface area contributed by atoms with Gasteiger partial charge in [-0.25, -0.2) is 9.78 Å². The minimum absolute atomic E-state index is 0.0654. The van der Waals surface area contributed by atoms with Crippen LogP contribution in [-0.4, -0.2) is 28.9 Å². The number of rotatable bonds is 5. The van der Waals surface area contributed by atoms with Crippen molar-refractivity contribution in [3.63, 3.8) is 0 Å². The molecule has 6 nitrogen and oxygen atoms in total. The number of amides is 1. The number of hydrogen-bond donors (Lipinski definition) is 2. The first-order valence-corrected chi connectivity index (χ1v) is 6.11. The maximum absolute atomic E-state index is 11.4. The summed E-state index contributed by atoms with van der Waals surface area (Å²) in [4.78, 5) is 18.7. The maximum Gasteiger partial charge on any atom is 0.409 e. The number of para-hydroxylation sites is 2. The van der Waals surface area contributed by atoms with E-state index in [0.717, 1.165) is 11.0 Å². The Kier molecular flexibility index (Phi) is 4.35. The van der Waals surface area contributed by atoms with E-state index in [4.69, 9.17) is 9.47 Å². The van der Waals surface area contributed by atoms with Gasteiger partial charge in [0.1, 0.15) is 12.6 Å². The first-order chi connectivity index (χ1) is 9.15. The predicted molar refractivity (Wildman–Crippen MR) is 70.5 cm³/mol. The van der Waals surface area contributed by atoms with E-state index in [0.29, 0.717) is 5.82 Å². The first-order valence-electron chi connectivity index (χ1n) is 6.11. The highest BCUT2D eigenvalue weighted by Gasteiger charge is 2.06. The van der Waals surface area contributed by atoms with Crippen molar-refractivity contribution in [2.75, 3.05) is 6.73 Å². The number of fused-ring (bicyclic) bond motifs is 1. The molecule has 2 rings (SSSR count). The third-order valence-electron chi connectivity index (χ3n) is 2.41. The largest absolute Gasteiger partial charge is 0.441 e. The molecule has 0 aliphatic carbocycles. The average Bonchev–Trinajstić information content (AvgIpc) is 2.78. The second-order valence-corrected chi connectivity index (χ2v) is 4.31. The molecule has 19 heavy (non-hydrogen) atoms. The molecule has 0 saturated heterocycles. The van der Waals surface area contributed by atoms with Gasteiger partial charge < -0.3 is 14.5 Å². The molecule has 1 amide bonds. The number of nitrogens with zero attached hydrogens (tertiary/aromatic N) is 1. The second kappa shape index (κ2) is 6.19. The molecule has 1 aromatic carbocycles. The highest BCUT2D eigenvalue weighted by Crippen LogP contribution is 2.10. The molecule has 0 saturated carbocycles. The standard InChI is InChI=1S/C13H17N3O3/c1-9(2)19-8-14-13(17)18-7-12-15-10-5-3-4-6-11(10)16-12/h3-6,9H,7-8H2,1-2H3,(H,14,17)(H,15,16).